The Labute approximate surface area is 154 Å². The van der Waals surface area contributed by atoms with Gasteiger partial charge in [0, 0.05) is 18.7 Å². The van der Waals surface area contributed by atoms with Crippen LogP contribution < -0.4 is 4.74 Å². The van der Waals surface area contributed by atoms with Gasteiger partial charge in [-0.05, 0) is 29.7 Å². The lowest BCUT2D eigenvalue weighted by molar-refractivity contribution is -0.131. The number of nitrogens with zero attached hydrogens (tertiary/aromatic N) is 1. The number of amides is 1. The Kier molecular flexibility index (Phi) is 6.40. The van der Waals surface area contributed by atoms with Crippen LogP contribution in [0.1, 0.15) is 42.7 Å². The molecule has 0 spiro atoms. The van der Waals surface area contributed by atoms with Crippen molar-refractivity contribution >= 4 is 17.7 Å². The first kappa shape index (κ1) is 17.9. The maximum atomic E-state index is 12.5. The average Bonchev–Trinajstić information content (AvgIpc) is 3.15. The van der Waals surface area contributed by atoms with Crippen molar-refractivity contribution in [3.63, 3.8) is 0 Å². The zero-order valence-corrected chi connectivity index (χ0v) is 15.5. The van der Waals surface area contributed by atoms with Crippen LogP contribution in [0.4, 0.5) is 0 Å². The quantitative estimate of drug-likeness (QED) is 0.698. The molecule has 0 unspecified atom stereocenters. The minimum absolute atomic E-state index is 0.115. The van der Waals surface area contributed by atoms with Crippen LogP contribution in [-0.4, -0.2) is 23.1 Å². The molecular formula is C21H25NO2S. The van der Waals surface area contributed by atoms with Crippen molar-refractivity contribution in [3.05, 3.63) is 65.7 Å². The van der Waals surface area contributed by atoms with Crippen LogP contribution >= 0.6 is 11.8 Å². The van der Waals surface area contributed by atoms with E-state index in [4.69, 9.17) is 4.74 Å². The summed E-state index contributed by atoms with van der Waals surface area (Å²) in [5.41, 5.74) is 2.30. The SMILES string of the molecule is CCCCC(=O)N1CCS[C@H]1c1cccc(OCc2ccccc2)c1. The summed E-state index contributed by atoms with van der Waals surface area (Å²) in [5.74, 6) is 2.12. The number of carbonyl (C=O) groups excluding carboxylic acids is 1. The Balaban J connectivity index is 1.66. The average molecular weight is 356 g/mol. The van der Waals surface area contributed by atoms with Crippen LogP contribution in [0.2, 0.25) is 0 Å². The van der Waals surface area contributed by atoms with Crippen molar-refractivity contribution in [2.45, 2.75) is 38.2 Å². The first-order valence-corrected chi connectivity index (χ1v) is 10.0. The molecule has 25 heavy (non-hydrogen) atoms. The molecule has 1 aliphatic heterocycles. The highest BCUT2D eigenvalue weighted by Gasteiger charge is 2.30. The third-order valence-electron chi connectivity index (χ3n) is 4.35. The number of hydrogen-bond acceptors (Lipinski definition) is 3. The summed E-state index contributed by atoms with van der Waals surface area (Å²) in [5, 5.41) is 0.115. The molecule has 1 saturated heterocycles. The molecule has 1 amide bonds. The van der Waals surface area contributed by atoms with Gasteiger partial charge in [-0.25, -0.2) is 0 Å². The molecule has 3 rings (SSSR count). The van der Waals surface area contributed by atoms with E-state index in [0.29, 0.717) is 13.0 Å². The molecule has 1 heterocycles. The smallest absolute Gasteiger partial charge is 0.223 e. The zero-order valence-electron chi connectivity index (χ0n) is 14.7. The Morgan fingerprint density at radius 3 is 2.84 bits per heavy atom. The Bertz CT molecular complexity index is 689. The van der Waals surface area contributed by atoms with Crippen LogP contribution in [0.5, 0.6) is 5.75 Å². The fourth-order valence-corrected chi connectivity index (χ4v) is 4.24. The predicted molar refractivity (Wildman–Crippen MR) is 104 cm³/mol. The van der Waals surface area contributed by atoms with Crippen LogP contribution in [0, 0.1) is 0 Å². The molecule has 4 heteroatoms. The van der Waals surface area contributed by atoms with Crippen molar-refractivity contribution in [1.82, 2.24) is 4.90 Å². The molecule has 0 aromatic heterocycles. The van der Waals surface area contributed by atoms with Gasteiger partial charge in [-0.15, -0.1) is 11.8 Å². The van der Waals surface area contributed by atoms with E-state index in [0.717, 1.165) is 42.0 Å². The minimum Gasteiger partial charge on any atom is -0.489 e. The fourth-order valence-electron chi connectivity index (χ4n) is 2.97. The lowest BCUT2D eigenvalue weighted by Gasteiger charge is -2.24. The number of unbranched alkanes of at least 4 members (excludes halogenated alkanes) is 1. The number of benzene rings is 2. The Morgan fingerprint density at radius 1 is 1.20 bits per heavy atom. The molecule has 1 aliphatic rings. The van der Waals surface area contributed by atoms with Crippen molar-refractivity contribution < 1.29 is 9.53 Å². The van der Waals surface area contributed by atoms with Gasteiger partial charge in [0.15, 0.2) is 0 Å². The first-order valence-electron chi connectivity index (χ1n) is 8.95. The monoisotopic (exact) mass is 355 g/mol. The van der Waals surface area contributed by atoms with Gasteiger partial charge in [0.1, 0.15) is 17.7 Å². The third kappa shape index (κ3) is 4.79. The summed E-state index contributed by atoms with van der Waals surface area (Å²) in [6.45, 7) is 3.52. The lowest BCUT2D eigenvalue weighted by atomic mass is 10.1. The third-order valence-corrected chi connectivity index (χ3v) is 5.61. The summed E-state index contributed by atoms with van der Waals surface area (Å²) in [6.07, 6.45) is 2.67. The van der Waals surface area contributed by atoms with Gasteiger partial charge in [0.25, 0.3) is 0 Å². The largest absolute Gasteiger partial charge is 0.489 e. The molecule has 0 saturated carbocycles. The minimum atomic E-state index is 0.115. The molecule has 132 valence electrons. The predicted octanol–water partition coefficient (Wildman–Crippen LogP) is 5.03. The van der Waals surface area contributed by atoms with Gasteiger partial charge < -0.3 is 9.64 Å². The first-order chi connectivity index (χ1) is 12.3. The van der Waals surface area contributed by atoms with Crippen LogP contribution in [0.3, 0.4) is 0 Å². The van der Waals surface area contributed by atoms with Crippen molar-refractivity contribution in [1.29, 1.82) is 0 Å². The molecule has 0 aliphatic carbocycles. The van der Waals surface area contributed by atoms with E-state index in [2.05, 4.69) is 31.2 Å². The van der Waals surface area contributed by atoms with Gasteiger partial charge in [0.2, 0.25) is 5.91 Å². The van der Waals surface area contributed by atoms with E-state index in [-0.39, 0.29) is 11.3 Å². The second-order valence-corrected chi connectivity index (χ2v) is 7.45. The zero-order chi connectivity index (χ0) is 17.5. The molecule has 2 aromatic rings. The van der Waals surface area contributed by atoms with E-state index in [1.807, 2.05) is 47.0 Å². The van der Waals surface area contributed by atoms with E-state index in [1.165, 1.54) is 0 Å². The molecule has 1 fully saturated rings. The van der Waals surface area contributed by atoms with Gasteiger partial charge in [-0.1, -0.05) is 55.8 Å². The second kappa shape index (κ2) is 8.95. The normalized spacial score (nSPS) is 16.8. The number of rotatable bonds is 7. The van der Waals surface area contributed by atoms with Crippen molar-refractivity contribution in [3.8, 4) is 5.75 Å². The summed E-state index contributed by atoms with van der Waals surface area (Å²) < 4.78 is 5.94. The highest BCUT2D eigenvalue weighted by molar-refractivity contribution is 7.99. The number of hydrogen-bond donors (Lipinski definition) is 0. The van der Waals surface area contributed by atoms with E-state index >= 15 is 0 Å². The molecule has 0 N–H and O–H groups in total. The van der Waals surface area contributed by atoms with Crippen molar-refractivity contribution in [2.75, 3.05) is 12.3 Å². The van der Waals surface area contributed by atoms with E-state index in [9.17, 15) is 4.79 Å². The van der Waals surface area contributed by atoms with Gasteiger partial charge in [-0.2, -0.15) is 0 Å². The molecule has 0 bridgehead atoms. The van der Waals surface area contributed by atoms with Crippen LogP contribution in [-0.2, 0) is 11.4 Å². The maximum Gasteiger partial charge on any atom is 0.223 e. The van der Waals surface area contributed by atoms with Crippen LogP contribution in [0.25, 0.3) is 0 Å². The summed E-state index contributed by atoms with van der Waals surface area (Å²) in [6, 6.07) is 18.3. The molecule has 0 radical (unpaired) electrons. The van der Waals surface area contributed by atoms with Crippen LogP contribution in [0.15, 0.2) is 54.6 Å². The summed E-state index contributed by atoms with van der Waals surface area (Å²) in [7, 11) is 0. The number of carbonyl (C=O) groups is 1. The summed E-state index contributed by atoms with van der Waals surface area (Å²) in [4.78, 5) is 14.5. The summed E-state index contributed by atoms with van der Waals surface area (Å²) >= 11 is 1.84. The Hall–Kier alpha value is -1.94. The van der Waals surface area contributed by atoms with Crippen molar-refractivity contribution in [2.24, 2.45) is 0 Å². The molecule has 2 aromatic carbocycles. The highest BCUT2D eigenvalue weighted by Crippen LogP contribution is 2.39. The van der Waals surface area contributed by atoms with Gasteiger partial charge >= 0.3 is 0 Å². The number of ether oxygens (including phenoxy) is 1. The second-order valence-electron chi connectivity index (χ2n) is 6.26. The van der Waals surface area contributed by atoms with E-state index < -0.39 is 0 Å². The Morgan fingerprint density at radius 2 is 2.04 bits per heavy atom. The van der Waals surface area contributed by atoms with Gasteiger partial charge in [-0.3, -0.25) is 4.79 Å². The maximum absolute atomic E-state index is 12.5. The fraction of sp³-hybridized carbons (Fsp3) is 0.381. The van der Waals surface area contributed by atoms with Gasteiger partial charge in [0.05, 0.1) is 0 Å². The highest BCUT2D eigenvalue weighted by atomic mass is 32.2. The standard InChI is InChI=1S/C21H25NO2S/c1-2-3-12-20(23)22-13-14-25-21(22)18-10-7-11-19(15-18)24-16-17-8-5-4-6-9-17/h4-11,15,21H,2-3,12-14,16H2,1H3/t21-/m0/s1. The lowest BCUT2D eigenvalue weighted by Crippen LogP contribution is -2.30. The number of thioether (sulfide) groups is 1. The molecule has 3 nitrogen and oxygen atoms in total. The molecular weight excluding hydrogens is 330 g/mol. The molecule has 1 atom stereocenters. The van der Waals surface area contributed by atoms with E-state index in [1.54, 1.807) is 0 Å². The topological polar surface area (TPSA) is 29.5 Å².